The van der Waals surface area contributed by atoms with Crippen LogP contribution in [-0.4, -0.2) is 39.6 Å². The molecule has 0 fully saturated rings. The number of ether oxygens (including phenoxy) is 1. The number of fused-ring (bicyclic) bond motifs is 2. The van der Waals surface area contributed by atoms with Crippen molar-refractivity contribution in [1.29, 1.82) is 0 Å². The second kappa shape index (κ2) is 6.01. The van der Waals surface area contributed by atoms with Crippen LogP contribution in [0, 0.1) is 0 Å². The van der Waals surface area contributed by atoms with Gasteiger partial charge in [-0.3, -0.25) is 9.20 Å². The average molecular weight is 336 g/mol. The Morgan fingerprint density at radius 2 is 1.96 bits per heavy atom. The van der Waals surface area contributed by atoms with E-state index in [-0.39, 0.29) is 17.9 Å². The van der Waals surface area contributed by atoms with Crippen molar-refractivity contribution in [2.75, 3.05) is 7.11 Å². The van der Waals surface area contributed by atoms with Crippen molar-refractivity contribution in [3.8, 4) is 0 Å². The molecule has 1 atom stereocenters. The minimum atomic E-state index is -0.350. The number of methoxy groups -OCH3 is 1. The summed E-state index contributed by atoms with van der Waals surface area (Å²) in [6, 6.07) is 9.03. The Labute approximate surface area is 143 Å². The number of nitrogens with one attached hydrogen (secondary N) is 1. The highest BCUT2D eigenvalue weighted by atomic mass is 16.5. The number of rotatable bonds is 3. The van der Waals surface area contributed by atoms with Crippen molar-refractivity contribution < 1.29 is 14.3 Å². The molecule has 2 aromatic heterocycles. The van der Waals surface area contributed by atoms with Gasteiger partial charge in [0.05, 0.1) is 18.2 Å². The Bertz CT molecular complexity index is 979. The van der Waals surface area contributed by atoms with E-state index in [1.54, 1.807) is 35.1 Å². The van der Waals surface area contributed by atoms with E-state index >= 15 is 0 Å². The molecule has 0 saturated carbocycles. The number of nitrogens with zero attached hydrogens (tertiary/aromatic N) is 3. The van der Waals surface area contributed by atoms with E-state index in [4.69, 9.17) is 4.74 Å². The number of esters is 1. The molecule has 7 nitrogen and oxygen atoms in total. The number of benzene rings is 1. The Balaban J connectivity index is 1.48. The van der Waals surface area contributed by atoms with Crippen LogP contribution in [0.3, 0.4) is 0 Å². The van der Waals surface area contributed by atoms with Gasteiger partial charge in [0.15, 0.2) is 5.65 Å². The van der Waals surface area contributed by atoms with Gasteiger partial charge in [-0.1, -0.05) is 6.07 Å². The maximum atomic E-state index is 12.5. The molecule has 0 bridgehead atoms. The molecular weight excluding hydrogens is 320 g/mol. The Kier molecular flexibility index (Phi) is 3.68. The summed E-state index contributed by atoms with van der Waals surface area (Å²) in [4.78, 5) is 24.1. The molecular formula is C18H16N4O3. The third-order valence-corrected chi connectivity index (χ3v) is 4.45. The lowest BCUT2D eigenvalue weighted by molar-refractivity contribution is 0.0600. The summed E-state index contributed by atoms with van der Waals surface area (Å²) in [5.74, 6) is -0.487. The molecule has 1 aromatic carbocycles. The monoisotopic (exact) mass is 336 g/mol. The first-order valence-electron chi connectivity index (χ1n) is 7.94. The quantitative estimate of drug-likeness (QED) is 0.731. The van der Waals surface area contributed by atoms with Gasteiger partial charge in [-0.05, 0) is 48.2 Å². The summed E-state index contributed by atoms with van der Waals surface area (Å²) in [6.45, 7) is 0. The second-order valence-electron chi connectivity index (χ2n) is 6.07. The molecule has 0 aliphatic heterocycles. The largest absolute Gasteiger partial charge is 0.465 e. The fourth-order valence-corrected chi connectivity index (χ4v) is 3.20. The minimum absolute atomic E-state index is 0.00649. The highest BCUT2D eigenvalue weighted by Crippen LogP contribution is 2.24. The summed E-state index contributed by atoms with van der Waals surface area (Å²) >= 11 is 0. The zero-order valence-electron chi connectivity index (χ0n) is 13.6. The molecule has 0 spiro atoms. The zero-order chi connectivity index (χ0) is 17.4. The number of amides is 1. The molecule has 0 radical (unpaired) electrons. The van der Waals surface area contributed by atoms with Gasteiger partial charge in [0, 0.05) is 12.2 Å². The van der Waals surface area contributed by atoms with Crippen molar-refractivity contribution in [3.63, 3.8) is 0 Å². The van der Waals surface area contributed by atoms with Crippen LogP contribution >= 0.6 is 0 Å². The van der Waals surface area contributed by atoms with Crippen LogP contribution in [0.1, 0.15) is 31.8 Å². The minimum Gasteiger partial charge on any atom is -0.465 e. The van der Waals surface area contributed by atoms with Gasteiger partial charge in [0.25, 0.3) is 5.91 Å². The molecule has 25 heavy (non-hydrogen) atoms. The highest BCUT2D eigenvalue weighted by Gasteiger charge is 2.24. The first kappa shape index (κ1) is 15.3. The Morgan fingerprint density at radius 3 is 2.80 bits per heavy atom. The third-order valence-electron chi connectivity index (χ3n) is 4.45. The van der Waals surface area contributed by atoms with Crippen LogP contribution < -0.4 is 5.32 Å². The van der Waals surface area contributed by atoms with Gasteiger partial charge in [-0.25, -0.2) is 4.79 Å². The molecule has 3 aromatic rings. The molecule has 1 N–H and O–H groups in total. The van der Waals surface area contributed by atoms with E-state index in [1.165, 1.54) is 7.11 Å². The van der Waals surface area contributed by atoms with E-state index in [2.05, 4.69) is 15.5 Å². The Morgan fingerprint density at radius 1 is 1.16 bits per heavy atom. The van der Waals surface area contributed by atoms with Gasteiger partial charge in [-0.2, -0.15) is 0 Å². The predicted molar refractivity (Wildman–Crippen MR) is 89.4 cm³/mol. The van der Waals surface area contributed by atoms with Crippen LogP contribution in [0.25, 0.3) is 5.65 Å². The molecule has 1 unspecified atom stereocenters. The van der Waals surface area contributed by atoms with Crippen molar-refractivity contribution in [3.05, 3.63) is 65.1 Å². The Hall–Kier alpha value is -3.22. The lowest BCUT2D eigenvalue weighted by atomic mass is 10.1. The molecule has 7 heteroatoms. The van der Waals surface area contributed by atoms with E-state index in [1.807, 2.05) is 12.1 Å². The van der Waals surface area contributed by atoms with Crippen LogP contribution in [-0.2, 0) is 17.6 Å². The van der Waals surface area contributed by atoms with Crippen molar-refractivity contribution in [2.45, 2.75) is 18.9 Å². The maximum Gasteiger partial charge on any atom is 0.337 e. The van der Waals surface area contributed by atoms with Crippen LogP contribution in [0.5, 0.6) is 0 Å². The molecule has 126 valence electrons. The van der Waals surface area contributed by atoms with Gasteiger partial charge >= 0.3 is 5.97 Å². The number of carbonyl (C=O) groups is 2. The smallest absolute Gasteiger partial charge is 0.337 e. The fourth-order valence-electron chi connectivity index (χ4n) is 3.20. The van der Waals surface area contributed by atoms with Crippen LogP contribution in [0.15, 0.2) is 42.9 Å². The summed E-state index contributed by atoms with van der Waals surface area (Å²) in [6.07, 6.45) is 4.71. The number of hydrogen-bond donors (Lipinski definition) is 1. The lowest BCUT2D eigenvalue weighted by Crippen LogP contribution is -2.35. The standard InChI is InChI=1S/C18H16N4O3/c1-25-18(24)12-3-2-11-7-15(8-14(11)6-12)20-17(23)13-4-5-16-21-19-10-22(16)9-13/h2-6,9-10,15H,7-8H2,1H3,(H,20,23). The summed E-state index contributed by atoms with van der Waals surface area (Å²) < 4.78 is 6.46. The normalized spacial score (nSPS) is 15.8. The van der Waals surface area contributed by atoms with Crippen LogP contribution in [0.4, 0.5) is 0 Å². The number of aromatic nitrogens is 3. The number of hydrogen-bond acceptors (Lipinski definition) is 5. The third kappa shape index (κ3) is 2.84. The van der Waals surface area contributed by atoms with Gasteiger partial charge in [-0.15, -0.1) is 10.2 Å². The molecule has 0 saturated heterocycles. The van der Waals surface area contributed by atoms with E-state index < -0.39 is 0 Å². The first-order valence-corrected chi connectivity index (χ1v) is 7.94. The number of pyridine rings is 1. The SMILES string of the molecule is COC(=O)c1ccc2c(c1)CC(NC(=O)c1ccc3nncn3c1)C2. The van der Waals surface area contributed by atoms with Crippen LogP contribution in [0.2, 0.25) is 0 Å². The molecule has 1 amide bonds. The summed E-state index contributed by atoms with van der Waals surface area (Å²) in [7, 11) is 1.37. The molecule has 4 rings (SSSR count). The summed E-state index contributed by atoms with van der Waals surface area (Å²) in [5.41, 5.74) is 4.00. The first-order chi connectivity index (χ1) is 12.1. The zero-order valence-corrected chi connectivity index (χ0v) is 13.6. The molecule has 1 aliphatic carbocycles. The van der Waals surface area contributed by atoms with E-state index in [9.17, 15) is 9.59 Å². The fraction of sp³-hybridized carbons (Fsp3) is 0.222. The maximum absolute atomic E-state index is 12.5. The van der Waals surface area contributed by atoms with E-state index in [0.29, 0.717) is 23.2 Å². The predicted octanol–water partition coefficient (Wildman–Crippen LogP) is 1.41. The lowest BCUT2D eigenvalue weighted by Gasteiger charge is -2.12. The second-order valence-corrected chi connectivity index (χ2v) is 6.07. The molecule has 2 heterocycles. The average Bonchev–Trinajstić information content (AvgIpc) is 3.25. The van der Waals surface area contributed by atoms with Gasteiger partial charge < -0.3 is 10.1 Å². The van der Waals surface area contributed by atoms with Gasteiger partial charge in [0.1, 0.15) is 6.33 Å². The highest BCUT2D eigenvalue weighted by molar-refractivity contribution is 5.94. The van der Waals surface area contributed by atoms with Crippen molar-refractivity contribution in [1.82, 2.24) is 19.9 Å². The van der Waals surface area contributed by atoms with Gasteiger partial charge in [0.2, 0.25) is 0 Å². The molecule has 1 aliphatic rings. The number of carbonyl (C=O) groups excluding carboxylic acids is 2. The van der Waals surface area contributed by atoms with E-state index in [0.717, 1.165) is 17.5 Å². The van der Waals surface area contributed by atoms with Crippen molar-refractivity contribution >= 4 is 17.5 Å². The topological polar surface area (TPSA) is 85.6 Å². The van der Waals surface area contributed by atoms with Crippen molar-refractivity contribution in [2.24, 2.45) is 0 Å². The summed E-state index contributed by atoms with van der Waals surface area (Å²) in [5, 5.41) is 10.8.